The van der Waals surface area contributed by atoms with E-state index in [0.717, 1.165) is 18.2 Å². The number of halogens is 2. The van der Waals surface area contributed by atoms with E-state index in [9.17, 15) is 17.2 Å². The zero-order valence-corrected chi connectivity index (χ0v) is 12.0. The Hall–Kier alpha value is -1.84. The minimum absolute atomic E-state index is 0.00704. The van der Waals surface area contributed by atoms with Crippen LogP contribution in [0.25, 0.3) is 0 Å². The summed E-state index contributed by atoms with van der Waals surface area (Å²) < 4.78 is 52.9. The summed E-state index contributed by atoms with van der Waals surface area (Å²) in [4.78, 5) is 0. The predicted molar refractivity (Wildman–Crippen MR) is 71.6 cm³/mol. The number of aryl methyl sites for hydroxylation is 1. The number of nitrogens with zero attached hydrogens (tertiary/aromatic N) is 1. The average Bonchev–Trinajstić information content (AvgIpc) is 2.81. The van der Waals surface area contributed by atoms with Crippen LogP contribution in [0, 0.1) is 18.6 Å². The summed E-state index contributed by atoms with van der Waals surface area (Å²) in [6.07, 6.45) is 0. The van der Waals surface area contributed by atoms with E-state index in [1.807, 2.05) is 0 Å². The molecule has 0 fully saturated rings. The van der Waals surface area contributed by atoms with Crippen LogP contribution in [0.15, 0.2) is 23.2 Å². The maximum Gasteiger partial charge on any atom is 0.260 e. The van der Waals surface area contributed by atoms with Crippen LogP contribution in [0.1, 0.15) is 16.8 Å². The summed E-state index contributed by atoms with van der Waals surface area (Å²) in [6, 6.07) is 2.82. The highest BCUT2D eigenvalue weighted by atomic mass is 32.2. The minimum Gasteiger partial charge on any atom is -0.326 e. The van der Waals surface area contributed by atoms with Gasteiger partial charge in [0.15, 0.2) is 5.03 Å². The molecule has 6 nitrogen and oxygen atoms in total. The Kier molecular flexibility index (Phi) is 4.35. The Bertz CT molecular complexity index is 759. The van der Waals surface area contributed by atoms with Crippen molar-refractivity contribution in [1.82, 2.24) is 14.9 Å². The predicted octanol–water partition coefficient (Wildman–Crippen LogP) is 0.934. The zero-order valence-electron chi connectivity index (χ0n) is 11.2. The molecule has 0 aliphatic rings. The highest BCUT2D eigenvalue weighted by Gasteiger charge is 2.23. The van der Waals surface area contributed by atoms with Gasteiger partial charge in [0.2, 0.25) is 0 Å². The van der Waals surface area contributed by atoms with Gasteiger partial charge in [-0.1, -0.05) is 0 Å². The lowest BCUT2D eigenvalue weighted by molar-refractivity contribution is 0.563. The molecule has 4 N–H and O–H groups in total. The molecule has 0 amide bonds. The molecule has 0 unspecified atom stereocenters. The lowest BCUT2D eigenvalue weighted by atomic mass is 10.2. The molecule has 0 radical (unpaired) electrons. The van der Waals surface area contributed by atoms with Gasteiger partial charge >= 0.3 is 0 Å². The molecule has 2 aromatic rings. The van der Waals surface area contributed by atoms with Crippen LogP contribution < -0.4 is 10.5 Å². The van der Waals surface area contributed by atoms with E-state index in [1.54, 1.807) is 6.92 Å². The fraction of sp³-hybridized carbons (Fsp3) is 0.250. The van der Waals surface area contributed by atoms with E-state index >= 15 is 0 Å². The Morgan fingerprint density at radius 1 is 1.38 bits per heavy atom. The normalized spacial score (nSPS) is 11.8. The first-order valence-corrected chi connectivity index (χ1v) is 7.51. The summed E-state index contributed by atoms with van der Waals surface area (Å²) in [5.41, 5.74) is 6.27. The van der Waals surface area contributed by atoms with Gasteiger partial charge in [-0.25, -0.2) is 21.9 Å². The van der Waals surface area contributed by atoms with Crippen molar-refractivity contribution in [2.45, 2.75) is 25.0 Å². The summed E-state index contributed by atoms with van der Waals surface area (Å²) >= 11 is 0. The third-order valence-corrected chi connectivity index (χ3v) is 4.33. The second kappa shape index (κ2) is 5.88. The fourth-order valence-electron chi connectivity index (χ4n) is 1.81. The monoisotopic (exact) mass is 316 g/mol. The molecule has 1 aromatic carbocycles. The van der Waals surface area contributed by atoms with Crippen LogP contribution in [-0.2, 0) is 23.1 Å². The number of hydrogen-bond donors (Lipinski definition) is 3. The maximum atomic E-state index is 13.5. The van der Waals surface area contributed by atoms with Gasteiger partial charge in [0.05, 0.1) is 0 Å². The van der Waals surface area contributed by atoms with Crippen molar-refractivity contribution in [3.63, 3.8) is 0 Å². The Balaban J connectivity index is 2.24. The second-order valence-corrected chi connectivity index (χ2v) is 6.08. The second-order valence-electron chi connectivity index (χ2n) is 4.40. The van der Waals surface area contributed by atoms with E-state index < -0.39 is 21.7 Å². The molecule has 21 heavy (non-hydrogen) atoms. The topological polar surface area (TPSA) is 101 Å². The third kappa shape index (κ3) is 3.26. The number of aromatic amines is 1. The lowest BCUT2D eigenvalue weighted by Gasteiger charge is -2.07. The molecule has 0 bridgehead atoms. The van der Waals surface area contributed by atoms with Crippen LogP contribution in [0.4, 0.5) is 8.78 Å². The highest BCUT2D eigenvalue weighted by Crippen LogP contribution is 2.16. The smallest absolute Gasteiger partial charge is 0.260 e. The quantitative estimate of drug-likeness (QED) is 0.764. The molecule has 0 aliphatic heterocycles. The van der Waals surface area contributed by atoms with Gasteiger partial charge < -0.3 is 5.73 Å². The Morgan fingerprint density at radius 3 is 2.76 bits per heavy atom. The number of hydrogen-bond acceptors (Lipinski definition) is 4. The summed E-state index contributed by atoms with van der Waals surface area (Å²) in [7, 11) is -3.97. The molecular formula is C12H14F2N4O2S. The first-order chi connectivity index (χ1) is 9.85. The van der Waals surface area contributed by atoms with Gasteiger partial charge in [-0.05, 0) is 25.1 Å². The molecule has 2 rings (SSSR count). The Labute approximate surface area is 120 Å². The van der Waals surface area contributed by atoms with Crippen LogP contribution in [0.2, 0.25) is 0 Å². The van der Waals surface area contributed by atoms with E-state index in [2.05, 4.69) is 14.9 Å². The van der Waals surface area contributed by atoms with Crippen LogP contribution >= 0.6 is 0 Å². The maximum absolute atomic E-state index is 13.5. The molecule has 1 heterocycles. The first kappa shape index (κ1) is 15.5. The van der Waals surface area contributed by atoms with E-state index in [1.165, 1.54) is 0 Å². The highest BCUT2D eigenvalue weighted by molar-refractivity contribution is 7.89. The fourth-order valence-corrected chi connectivity index (χ4v) is 3.02. The molecule has 0 spiro atoms. The van der Waals surface area contributed by atoms with Crippen molar-refractivity contribution < 1.29 is 17.2 Å². The van der Waals surface area contributed by atoms with Crippen LogP contribution in [0.5, 0.6) is 0 Å². The van der Waals surface area contributed by atoms with Crippen LogP contribution in [0.3, 0.4) is 0 Å². The average molecular weight is 316 g/mol. The SMILES string of the molecule is Cc1[nH]nc(S(=O)(=O)NCc2cc(F)ccc2F)c1CN. The number of H-pyrrole nitrogens is 1. The van der Waals surface area contributed by atoms with Crippen molar-refractivity contribution in [2.24, 2.45) is 5.73 Å². The van der Waals surface area contributed by atoms with E-state index in [0.29, 0.717) is 11.3 Å². The minimum atomic E-state index is -3.97. The molecule has 0 atom stereocenters. The summed E-state index contributed by atoms with van der Waals surface area (Å²) in [5, 5.41) is 5.98. The van der Waals surface area contributed by atoms with Crippen molar-refractivity contribution in [3.8, 4) is 0 Å². The van der Waals surface area contributed by atoms with Gasteiger partial charge in [0.25, 0.3) is 10.0 Å². The van der Waals surface area contributed by atoms with Gasteiger partial charge in [0, 0.05) is 29.9 Å². The van der Waals surface area contributed by atoms with Crippen molar-refractivity contribution in [2.75, 3.05) is 0 Å². The molecule has 0 saturated carbocycles. The van der Waals surface area contributed by atoms with Crippen LogP contribution in [-0.4, -0.2) is 18.6 Å². The number of rotatable bonds is 5. The molecular weight excluding hydrogens is 302 g/mol. The van der Waals surface area contributed by atoms with Crippen molar-refractivity contribution in [3.05, 3.63) is 46.7 Å². The molecule has 114 valence electrons. The van der Waals surface area contributed by atoms with Gasteiger partial charge in [0.1, 0.15) is 11.6 Å². The number of nitrogens with two attached hydrogens (primary N) is 1. The number of nitrogens with one attached hydrogen (secondary N) is 2. The van der Waals surface area contributed by atoms with Crippen molar-refractivity contribution in [1.29, 1.82) is 0 Å². The van der Waals surface area contributed by atoms with E-state index in [-0.39, 0.29) is 23.7 Å². The van der Waals surface area contributed by atoms with Gasteiger partial charge in [-0.3, -0.25) is 5.10 Å². The standard InChI is InChI=1S/C12H14F2N4O2S/c1-7-10(5-15)12(18-17-7)21(19,20)16-6-8-4-9(13)2-3-11(8)14/h2-4,16H,5-6,15H2,1H3,(H,17,18). The first-order valence-electron chi connectivity index (χ1n) is 6.02. The van der Waals surface area contributed by atoms with E-state index in [4.69, 9.17) is 5.73 Å². The molecule has 9 heteroatoms. The molecule has 1 aromatic heterocycles. The lowest BCUT2D eigenvalue weighted by Crippen LogP contribution is -2.25. The third-order valence-electron chi connectivity index (χ3n) is 2.96. The summed E-state index contributed by atoms with van der Waals surface area (Å²) in [5.74, 6) is -1.35. The van der Waals surface area contributed by atoms with Crippen molar-refractivity contribution >= 4 is 10.0 Å². The Morgan fingerprint density at radius 2 is 2.10 bits per heavy atom. The molecule has 0 saturated heterocycles. The zero-order chi connectivity index (χ0) is 15.6. The number of sulfonamides is 1. The van der Waals surface area contributed by atoms with Gasteiger partial charge in [-0.15, -0.1) is 0 Å². The number of aromatic nitrogens is 2. The summed E-state index contributed by atoms with van der Waals surface area (Å²) in [6.45, 7) is 1.25. The largest absolute Gasteiger partial charge is 0.326 e. The van der Waals surface area contributed by atoms with Gasteiger partial charge in [-0.2, -0.15) is 5.10 Å². The molecule has 0 aliphatic carbocycles. The number of benzene rings is 1.